The molecule has 1 N–H and O–H groups in total. The Balaban J connectivity index is 1.76. The van der Waals surface area contributed by atoms with Gasteiger partial charge in [-0.15, -0.1) is 0 Å². The lowest BCUT2D eigenvalue weighted by molar-refractivity contribution is 0.576. The van der Waals surface area contributed by atoms with E-state index in [0.717, 1.165) is 11.6 Å². The molecule has 21 heavy (non-hydrogen) atoms. The number of hydrogen-bond donors (Lipinski definition) is 1. The minimum atomic E-state index is 0.293. The van der Waals surface area contributed by atoms with E-state index in [1.807, 2.05) is 12.1 Å². The van der Waals surface area contributed by atoms with Crippen molar-refractivity contribution in [2.45, 2.75) is 19.5 Å². The third-order valence-corrected chi connectivity index (χ3v) is 4.20. The number of rotatable bonds is 4. The summed E-state index contributed by atoms with van der Waals surface area (Å²) < 4.78 is 2.18. The molecule has 3 heteroatoms. The highest BCUT2D eigenvalue weighted by Gasteiger charge is 2.08. The summed E-state index contributed by atoms with van der Waals surface area (Å²) in [4.78, 5) is 0. The largest absolute Gasteiger partial charge is 0.350 e. The molecule has 0 aliphatic carbocycles. The van der Waals surface area contributed by atoms with Crippen molar-refractivity contribution in [3.63, 3.8) is 0 Å². The maximum absolute atomic E-state index is 5.93. The summed E-state index contributed by atoms with van der Waals surface area (Å²) in [5.74, 6) is 0. The molecule has 0 saturated carbocycles. The topological polar surface area (TPSA) is 17.0 Å². The average molecular weight is 299 g/mol. The molecule has 0 aliphatic rings. The van der Waals surface area contributed by atoms with Crippen LogP contribution in [-0.4, -0.2) is 4.57 Å². The average Bonchev–Trinajstić information content (AvgIpc) is 2.83. The Labute approximate surface area is 130 Å². The molecule has 2 nitrogen and oxygen atoms in total. The lowest BCUT2D eigenvalue weighted by Crippen LogP contribution is -2.17. The minimum Gasteiger partial charge on any atom is -0.350 e. The fourth-order valence-electron chi connectivity index (χ4n) is 2.70. The first kappa shape index (κ1) is 14.2. The van der Waals surface area contributed by atoms with Gasteiger partial charge in [0.1, 0.15) is 0 Å². The molecule has 0 fully saturated rings. The smallest absolute Gasteiger partial charge is 0.0481 e. The van der Waals surface area contributed by atoms with E-state index in [0.29, 0.717) is 6.04 Å². The Morgan fingerprint density at radius 1 is 1.10 bits per heavy atom. The summed E-state index contributed by atoms with van der Waals surface area (Å²) in [6, 6.07) is 16.8. The number of halogens is 1. The number of para-hydroxylation sites is 1. The molecule has 108 valence electrons. The van der Waals surface area contributed by atoms with Crippen LogP contribution in [0.1, 0.15) is 24.1 Å². The summed E-state index contributed by atoms with van der Waals surface area (Å²) in [7, 11) is 2.09. The fraction of sp³-hybridized carbons (Fsp3) is 0.222. The minimum absolute atomic E-state index is 0.293. The van der Waals surface area contributed by atoms with Crippen LogP contribution in [0, 0.1) is 0 Å². The molecule has 1 aromatic heterocycles. The van der Waals surface area contributed by atoms with Crippen molar-refractivity contribution >= 4 is 22.5 Å². The lowest BCUT2D eigenvalue weighted by atomic mass is 10.1. The Bertz CT molecular complexity index is 744. The van der Waals surface area contributed by atoms with E-state index in [-0.39, 0.29) is 0 Å². The lowest BCUT2D eigenvalue weighted by Gasteiger charge is -2.14. The maximum atomic E-state index is 5.93. The third-order valence-electron chi connectivity index (χ3n) is 3.95. The van der Waals surface area contributed by atoms with Crippen molar-refractivity contribution in [2.75, 3.05) is 0 Å². The van der Waals surface area contributed by atoms with Crippen molar-refractivity contribution in [2.24, 2.45) is 7.05 Å². The van der Waals surface area contributed by atoms with Crippen LogP contribution in [0.5, 0.6) is 0 Å². The monoisotopic (exact) mass is 298 g/mol. The Kier molecular flexibility index (Phi) is 4.00. The Hall–Kier alpha value is -1.77. The van der Waals surface area contributed by atoms with Crippen LogP contribution in [0.2, 0.25) is 5.02 Å². The first-order valence-electron chi connectivity index (χ1n) is 7.17. The SMILES string of the molecule is C[C@H](NCc1cn(C)c2ccccc12)c1ccc(Cl)cc1. The summed E-state index contributed by atoms with van der Waals surface area (Å²) in [5, 5.41) is 5.68. The highest BCUT2D eigenvalue weighted by Crippen LogP contribution is 2.22. The molecule has 0 unspecified atom stereocenters. The van der Waals surface area contributed by atoms with E-state index >= 15 is 0 Å². The zero-order chi connectivity index (χ0) is 14.8. The van der Waals surface area contributed by atoms with Crippen LogP contribution in [0.25, 0.3) is 10.9 Å². The van der Waals surface area contributed by atoms with Crippen LogP contribution < -0.4 is 5.32 Å². The molecule has 0 amide bonds. The third kappa shape index (κ3) is 2.97. The highest BCUT2D eigenvalue weighted by molar-refractivity contribution is 6.30. The molecular formula is C18H19ClN2. The second-order valence-electron chi connectivity index (χ2n) is 5.44. The van der Waals surface area contributed by atoms with Crippen molar-refractivity contribution in [3.05, 3.63) is 70.9 Å². The Morgan fingerprint density at radius 3 is 2.57 bits per heavy atom. The fourth-order valence-corrected chi connectivity index (χ4v) is 2.82. The number of benzene rings is 2. The van der Waals surface area contributed by atoms with Crippen LogP contribution in [0.4, 0.5) is 0 Å². The van der Waals surface area contributed by atoms with E-state index in [2.05, 4.69) is 66.5 Å². The van der Waals surface area contributed by atoms with Gasteiger partial charge in [-0.25, -0.2) is 0 Å². The number of aromatic nitrogens is 1. The summed E-state index contributed by atoms with van der Waals surface area (Å²) in [6.45, 7) is 3.03. The van der Waals surface area contributed by atoms with E-state index in [4.69, 9.17) is 11.6 Å². The molecule has 3 rings (SSSR count). The van der Waals surface area contributed by atoms with Gasteiger partial charge in [0.15, 0.2) is 0 Å². The zero-order valence-electron chi connectivity index (χ0n) is 12.3. The van der Waals surface area contributed by atoms with E-state index < -0.39 is 0 Å². The first-order valence-corrected chi connectivity index (χ1v) is 7.55. The number of hydrogen-bond acceptors (Lipinski definition) is 1. The highest BCUT2D eigenvalue weighted by atomic mass is 35.5. The summed E-state index contributed by atoms with van der Waals surface area (Å²) >= 11 is 5.93. The van der Waals surface area contributed by atoms with E-state index in [9.17, 15) is 0 Å². The van der Waals surface area contributed by atoms with Crippen molar-refractivity contribution in [1.82, 2.24) is 9.88 Å². The van der Waals surface area contributed by atoms with Gasteiger partial charge in [0.2, 0.25) is 0 Å². The van der Waals surface area contributed by atoms with Gasteiger partial charge in [-0.2, -0.15) is 0 Å². The summed E-state index contributed by atoms with van der Waals surface area (Å²) in [6.07, 6.45) is 2.20. The van der Waals surface area contributed by atoms with Gasteiger partial charge in [-0.05, 0) is 36.2 Å². The molecule has 0 aliphatic heterocycles. The van der Waals surface area contributed by atoms with Crippen LogP contribution in [-0.2, 0) is 13.6 Å². The molecule has 0 radical (unpaired) electrons. The van der Waals surface area contributed by atoms with Gasteiger partial charge >= 0.3 is 0 Å². The van der Waals surface area contributed by atoms with Crippen molar-refractivity contribution in [3.8, 4) is 0 Å². The van der Waals surface area contributed by atoms with Crippen molar-refractivity contribution < 1.29 is 0 Å². The van der Waals surface area contributed by atoms with E-state index in [1.54, 1.807) is 0 Å². The maximum Gasteiger partial charge on any atom is 0.0481 e. The van der Waals surface area contributed by atoms with Gasteiger partial charge in [0.05, 0.1) is 0 Å². The zero-order valence-corrected chi connectivity index (χ0v) is 13.1. The molecule has 2 aromatic carbocycles. The predicted molar refractivity (Wildman–Crippen MR) is 89.6 cm³/mol. The second-order valence-corrected chi connectivity index (χ2v) is 5.87. The van der Waals surface area contributed by atoms with Gasteiger partial charge in [-0.3, -0.25) is 0 Å². The summed E-state index contributed by atoms with van der Waals surface area (Å²) in [5.41, 5.74) is 3.85. The van der Waals surface area contributed by atoms with Crippen LogP contribution in [0.3, 0.4) is 0 Å². The van der Waals surface area contributed by atoms with Gasteiger partial charge in [0.25, 0.3) is 0 Å². The first-order chi connectivity index (χ1) is 10.1. The number of nitrogens with zero attached hydrogens (tertiary/aromatic N) is 1. The molecule has 3 aromatic rings. The number of aryl methyl sites for hydroxylation is 1. The molecule has 0 bridgehead atoms. The van der Waals surface area contributed by atoms with E-state index in [1.165, 1.54) is 22.0 Å². The van der Waals surface area contributed by atoms with Gasteiger partial charge in [-0.1, -0.05) is 41.9 Å². The van der Waals surface area contributed by atoms with Crippen LogP contribution in [0.15, 0.2) is 54.7 Å². The molecule has 1 atom stereocenters. The molecule has 0 saturated heterocycles. The van der Waals surface area contributed by atoms with Gasteiger partial charge < -0.3 is 9.88 Å². The normalized spacial score (nSPS) is 12.7. The number of nitrogens with one attached hydrogen (secondary N) is 1. The Morgan fingerprint density at radius 2 is 1.81 bits per heavy atom. The number of fused-ring (bicyclic) bond motifs is 1. The second kappa shape index (κ2) is 5.92. The standard InChI is InChI=1S/C18H19ClN2/c1-13(14-7-9-16(19)10-8-14)20-11-15-12-21(2)18-6-4-3-5-17(15)18/h3-10,12-13,20H,11H2,1-2H3/t13-/m0/s1. The predicted octanol–water partition coefficient (Wildman–Crippen LogP) is 4.68. The quantitative estimate of drug-likeness (QED) is 0.740. The molecule has 0 spiro atoms. The van der Waals surface area contributed by atoms with Crippen LogP contribution >= 0.6 is 11.6 Å². The molecular weight excluding hydrogens is 280 g/mol. The molecule has 1 heterocycles. The van der Waals surface area contributed by atoms with Gasteiger partial charge in [0, 0.05) is 41.8 Å². The van der Waals surface area contributed by atoms with Crippen molar-refractivity contribution in [1.29, 1.82) is 0 Å².